The van der Waals surface area contributed by atoms with Gasteiger partial charge in [-0.15, -0.1) is 0 Å². The molecule has 3 rings (SSSR count). The summed E-state index contributed by atoms with van der Waals surface area (Å²) in [4.78, 5) is 26.4. The van der Waals surface area contributed by atoms with Crippen molar-refractivity contribution in [2.45, 2.75) is 78.4 Å². The lowest BCUT2D eigenvalue weighted by molar-refractivity contribution is 0.184. The van der Waals surface area contributed by atoms with Crippen molar-refractivity contribution in [2.24, 2.45) is 5.92 Å². The van der Waals surface area contributed by atoms with Gasteiger partial charge in [-0.25, -0.2) is 4.79 Å². The summed E-state index contributed by atoms with van der Waals surface area (Å²) in [6.07, 6.45) is 7.83. The minimum absolute atomic E-state index is 0.00934. The van der Waals surface area contributed by atoms with Crippen molar-refractivity contribution in [3.63, 3.8) is 0 Å². The molecule has 29 heavy (non-hydrogen) atoms. The smallest absolute Gasteiger partial charge is 0.327 e. The molecule has 0 amide bonds. The van der Waals surface area contributed by atoms with Crippen molar-refractivity contribution in [1.82, 2.24) is 24.4 Å². The number of nitrogen functional groups attached to an aromatic ring is 1. The van der Waals surface area contributed by atoms with Gasteiger partial charge in [0.2, 0.25) is 0 Å². The van der Waals surface area contributed by atoms with Crippen LogP contribution in [0.3, 0.4) is 0 Å². The van der Waals surface area contributed by atoms with Crippen LogP contribution in [0.25, 0.3) is 11.2 Å². The number of imidazole rings is 1. The molecule has 0 saturated carbocycles. The molecular formula is C21H36N6O2. The largest absolute Gasteiger partial charge is 0.460 e. The van der Waals surface area contributed by atoms with Crippen molar-refractivity contribution in [3.05, 3.63) is 10.5 Å². The van der Waals surface area contributed by atoms with E-state index in [1.165, 1.54) is 32.4 Å². The van der Waals surface area contributed by atoms with Crippen LogP contribution in [0.15, 0.2) is 4.79 Å². The summed E-state index contributed by atoms with van der Waals surface area (Å²) >= 11 is 0. The van der Waals surface area contributed by atoms with Gasteiger partial charge in [0.05, 0.1) is 6.10 Å². The van der Waals surface area contributed by atoms with Crippen LogP contribution in [0.1, 0.15) is 65.7 Å². The van der Waals surface area contributed by atoms with E-state index in [9.17, 15) is 4.79 Å². The van der Waals surface area contributed by atoms with E-state index in [1.807, 2.05) is 6.92 Å². The number of unbranched alkanes of at least 4 members (excludes halogenated alkanes) is 1. The van der Waals surface area contributed by atoms with Gasteiger partial charge in [0, 0.05) is 6.54 Å². The fourth-order valence-electron chi connectivity index (χ4n) is 4.23. The Morgan fingerprint density at radius 3 is 2.69 bits per heavy atom. The second-order valence-electron chi connectivity index (χ2n) is 8.26. The van der Waals surface area contributed by atoms with Crippen LogP contribution < -0.4 is 16.2 Å². The van der Waals surface area contributed by atoms with Crippen LogP contribution in [0.2, 0.25) is 0 Å². The Morgan fingerprint density at radius 2 is 2.00 bits per heavy atom. The van der Waals surface area contributed by atoms with Crippen molar-refractivity contribution < 1.29 is 4.74 Å². The number of aromatic nitrogens is 4. The SMILES string of the molecule is CCC[C@H](C)Oc1nc(N)c2[nH]c(=O)n(CCCCC3CCN(CC)CC3)c2n1. The molecule has 3 N–H and O–H groups in total. The Balaban J connectivity index is 1.60. The average Bonchev–Trinajstić information content (AvgIpc) is 3.02. The second-order valence-corrected chi connectivity index (χ2v) is 8.26. The summed E-state index contributed by atoms with van der Waals surface area (Å²) in [6.45, 7) is 10.6. The predicted octanol–water partition coefficient (Wildman–Crippen LogP) is 3.17. The summed E-state index contributed by atoms with van der Waals surface area (Å²) in [5.74, 6) is 1.07. The van der Waals surface area contributed by atoms with E-state index in [2.05, 4.69) is 33.7 Å². The molecule has 1 saturated heterocycles. The molecule has 0 radical (unpaired) electrons. The molecule has 8 heteroatoms. The van der Waals surface area contributed by atoms with Crippen molar-refractivity contribution >= 4 is 17.0 Å². The van der Waals surface area contributed by atoms with E-state index in [-0.39, 0.29) is 23.6 Å². The molecular weight excluding hydrogens is 368 g/mol. The molecule has 1 aliphatic heterocycles. The molecule has 0 bridgehead atoms. The fraction of sp³-hybridized carbons (Fsp3) is 0.762. The Kier molecular flexibility index (Phi) is 7.52. The number of nitrogens with one attached hydrogen (secondary N) is 1. The molecule has 0 aromatic carbocycles. The topological polar surface area (TPSA) is 102 Å². The van der Waals surface area contributed by atoms with E-state index in [0.717, 1.165) is 38.1 Å². The highest BCUT2D eigenvalue weighted by Gasteiger charge is 2.18. The van der Waals surface area contributed by atoms with Gasteiger partial charge in [-0.1, -0.05) is 33.1 Å². The number of fused-ring (bicyclic) bond motifs is 1. The first kappa shape index (κ1) is 21.6. The van der Waals surface area contributed by atoms with Gasteiger partial charge in [0.25, 0.3) is 0 Å². The maximum atomic E-state index is 12.4. The maximum Gasteiger partial charge on any atom is 0.327 e. The third-order valence-corrected chi connectivity index (χ3v) is 6.03. The number of nitrogens with two attached hydrogens (primary N) is 1. The van der Waals surface area contributed by atoms with Crippen molar-refractivity contribution in [1.29, 1.82) is 0 Å². The van der Waals surface area contributed by atoms with Crippen LogP contribution >= 0.6 is 0 Å². The summed E-state index contributed by atoms with van der Waals surface area (Å²) in [5.41, 5.74) is 6.90. The Labute approximate surface area is 172 Å². The molecule has 0 aliphatic carbocycles. The number of nitrogens with zero attached hydrogens (tertiary/aromatic N) is 4. The van der Waals surface area contributed by atoms with Crippen molar-refractivity contribution in [2.75, 3.05) is 25.4 Å². The third kappa shape index (κ3) is 5.50. The number of anilines is 1. The number of hydrogen-bond acceptors (Lipinski definition) is 6. The number of piperidine rings is 1. The van der Waals surface area contributed by atoms with Crippen LogP contribution in [0, 0.1) is 5.92 Å². The fourth-order valence-corrected chi connectivity index (χ4v) is 4.23. The van der Waals surface area contributed by atoms with Gasteiger partial charge < -0.3 is 20.4 Å². The number of hydrogen-bond donors (Lipinski definition) is 2. The van der Waals surface area contributed by atoms with Gasteiger partial charge in [-0.05, 0) is 58.2 Å². The van der Waals surface area contributed by atoms with Gasteiger partial charge in [0.1, 0.15) is 5.52 Å². The maximum absolute atomic E-state index is 12.4. The molecule has 2 aromatic rings. The van der Waals surface area contributed by atoms with Crippen molar-refractivity contribution in [3.8, 4) is 6.01 Å². The lowest BCUT2D eigenvalue weighted by atomic mass is 9.91. The van der Waals surface area contributed by atoms with Gasteiger partial charge in [-0.2, -0.15) is 9.97 Å². The highest BCUT2D eigenvalue weighted by molar-refractivity contribution is 5.81. The molecule has 3 heterocycles. The van der Waals surface area contributed by atoms with E-state index in [0.29, 0.717) is 17.7 Å². The van der Waals surface area contributed by atoms with Gasteiger partial charge in [-0.3, -0.25) is 4.57 Å². The van der Waals surface area contributed by atoms with Crippen LogP contribution in [-0.4, -0.2) is 50.2 Å². The molecule has 1 atom stereocenters. The summed E-state index contributed by atoms with van der Waals surface area (Å²) in [7, 11) is 0. The molecule has 2 aromatic heterocycles. The number of rotatable bonds is 10. The number of ether oxygens (including phenoxy) is 1. The number of likely N-dealkylation sites (tertiary alicyclic amines) is 1. The molecule has 0 unspecified atom stereocenters. The first-order valence-corrected chi connectivity index (χ1v) is 11.2. The monoisotopic (exact) mass is 404 g/mol. The minimum atomic E-state index is -0.184. The molecule has 1 aliphatic rings. The Bertz CT molecular complexity index is 838. The zero-order valence-electron chi connectivity index (χ0n) is 18.1. The predicted molar refractivity (Wildman–Crippen MR) is 116 cm³/mol. The minimum Gasteiger partial charge on any atom is -0.460 e. The number of aryl methyl sites for hydroxylation is 1. The van der Waals surface area contributed by atoms with Gasteiger partial charge >= 0.3 is 11.7 Å². The third-order valence-electron chi connectivity index (χ3n) is 6.03. The van der Waals surface area contributed by atoms with Crippen LogP contribution in [-0.2, 0) is 6.54 Å². The zero-order valence-corrected chi connectivity index (χ0v) is 18.1. The summed E-state index contributed by atoms with van der Waals surface area (Å²) in [6, 6.07) is 0.242. The number of H-pyrrole nitrogens is 1. The lowest BCUT2D eigenvalue weighted by Gasteiger charge is -2.31. The van der Waals surface area contributed by atoms with Gasteiger partial charge in [0.15, 0.2) is 11.5 Å². The summed E-state index contributed by atoms with van der Waals surface area (Å²) < 4.78 is 7.47. The van der Waals surface area contributed by atoms with E-state index < -0.39 is 0 Å². The average molecular weight is 405 g/mol. The Hall–Kier alpha value is -2.09. The molecule has 8 nitrogen and oxygen atoms in total. The summed E-state index contributed by atoms with van der Waals surface area (Å²) in [5, 5.41) is 0. The normalized spacial score (nSPS) is 17.1. The number of aromatic amines is 1. The zero-order chi connectivity index (χ0) is 20.8. The highest BCUT2D eigenvalue weighted by Crippen LogP contribution is 2.23. The quantitative estimate of drug-likeness (QED) is 0.590. The first-order valence-electron chi connectivity index (χ1n) is 11.2. The molecule has 1 fully saturated rings. The molecule has 0 spiro atoms. The second kappa shape index (κ2) is 10.1. The van der Waals surface area contributed by atoms with Crippen LogP contribution in [0.5, 0.6) is 6.01 Å². The Morgan fingerprint density at radius 1 is 1.24 bits per heavy atom. The van der Waals surface area contributed by atoms with E-state index >= 15 is 0 Å². The highest BCUT2D eigenvalue weighted by atomic mass is 16.5. The first-order chi connectivity index (χ1) is 14.0. The lowest BCUT2D eigenvalue weighted by Crippen LogP contribution is -2.33. The van der Waals surface area contributed by atoms with E-state index in [1.54, 1.807) is 4.57 Å². The molecule has 162 valence electrons. The standard InChI is InChI=1S/C21H36N6O2/c1-4-8-15(3)29-20-24-18(22)17-19(25-20)27(21(28)23-17)12-7-6-9-16-10-13-26(5-2)14-11-16/h15-16H,4-14H2,1-3H3,(H,23,28)(H2,22,24,25)/t15-/m0/s1. The van der Waals surface area contributed by atoms with Crippen LogP contribution in [0.4, 0.5) is 5.82 Å². The van der Waals surface area contributed by atoms with E-state index in [4.69, 9.17) is 10.5 Å².